The Morgan fingerprint density at radius 1 is 1.45 bits per heavy atom. The van der Waals surface area contributed by atoms with Crippen molar-refractivity contribution in [3.05, 3.63) is 11.6 Å². The molecule has 2 amide bonds. The number of rotatable bonds is 6. The van der Waals surface area contributed by atoms with Crippen molar-refractivity contribution in [3.63, 3.8) is 0 Å². The van der Waals surface area contributed by atoms with Crippen LogP contribution in [0.2, 0.25) is 0 Å². The third-order valence-electron chi connectivity index (χ3n) is 3.43. The van der Waals surface area contributed by atoms with Gasteiger partial charge in [-0.25, -0.2) is 4.79 Å². The van der Waals surface area contributed by atoms with E-state index in [2.05, 4.69) is 25.2 Å². The van der Waals surface area contributed by atoms with Gasteiger partial charge in [0.1, 0.15) is 0 Å². The van der Waals surface area contributed by atoms with E-state index in [4.69, 9.17) is 5.11 Å². The van der Waals surface area contributed by atoms with Crippen molar-refractivity contribution in [3.8, 4) is 0 Å². The lowest BCUT2D eigenvalue weighted by Gasteiger charge is -2.27. The fourth-order valence-corrected chi connectivity index (χ4v) is 2.58. The zero-order valence-electron chi connectivity index (χ0n) is 12.7. The molecule has 0 spiro atoms. The van der Waals surface area contributed by atoms with E-state index in [0.717, 1.165) is 19.4 Å². The van der Waals surface area contributed by atoms with E-state index in [0.29, 0.717) is 19.0 Å². The normalized spacial score (nSPS) is 16.8. The molecule has 0 saturated heterocycles. The Morgan fingerprint density at radius 2 is 2.15 bits per heavy atom. The highest BCUT2D eigenvalue weighted by atomic mass is 16.4. The number of carbonyl (C=O) groups is 2. The molecule has 0 aliphatic carbocycles. The van der Waals surface area contributed by atoms with Crippen molar-refractivity contribution in [1.82, 2.24) is 10.2 Å². The monoisotopic (exact) mass is 282 g/mol. The molecule has 0 fully saturated rings. The molecule has 5 nitrogen and oxygen atoms in total. The predicted molar refractivity (Wildman–Crippen MR) is 78.5 cm³/mol. The number of nitrogens with one attached hydrogen (secondary N) is 1. The van der Waals surface area contributed by atoms with Crippen LogP contribution in [0.1, 0.15) is 40.0 Å². The molecule has 0 aromatic heterocycles. The molecule has 1 rings (SSSR count). The predicted octanol–water partition coefficient (Wildman–Crippen LogP) is 2.49. The molecule has 0 radical (unpaired) electrons. The van der Waals surface area contributed by atoms with Crippen LogP contribution < -0.4 is 5.32 Å². The molecule has 1 atom stereocenters. The van der Waals surface area contributed by atoms with Crippen LogP contribution in [-0.4, -0.2) is 41.6 Å². The second-order valence-corrected chi connectivity index (χ2v) is 6.04. The maximum atomic E-state index is 12.1. The lowest BCUT2D eigenvalue weighted by atomic mass is 9.94. The molecule has 20 heavy (non-hydrogen) atoms. The van der Waals surface area contributed by atoms with Gasteiger partial charge in [0.15, 0.2) is 0 Å². The Kier molecular flexibility index (Phi) is 6.55. The molecular weight excluding hydrogens is 256 g/mol. The smallest absolute Gasteiger partial charge is 0.317 e. The minimum absolute atomic E-state index is 0.00196. The first kappa shape index (κ1) is 16.5. The van der Waals surface area contributed by atoms with Crippen molar-refractivity contribution in [2.24, 2.45) is 11.8 Å². The van der Waals surface area contributed by atoms with Gasteiger partial charge in [-0.15, -0.1) is 0 Å². The van der Waals surface area contributed by atoms with Gasteiger partial charge < -0.3 is 15.3 Å². The van der Waals surface area contributed by atoms with Gasteiger partial charge in [0.2, 0.25) is 0 Å². The summed E-state index contributed by atoms with van der Waals surface area (Å²) in [5.41, 5.74) is 1.20. The van der Waals surface area contributed by atoms with Gasteiger partial charge in [0, 0.05) is 26.1 Å². The first-order chi connectivity index (χ1) is 9.38. The van der Waals surface area contributed by atoms with E-state index in [-0.39, 0.29) is 18.4 Å². The summed E-state index contributed by atoms with van der Waals surface area (Å²) in [5, 5.41) is 11.8. The highest BCUT2D eigenvalue weighted by Gasteiger charge is 2.19. The van der Waals surface area contributed by atoms with Crippen LogP contribution >= 0.6 is 0 Å². The lowest BCUT2D eigenvalue weighted by molar-refractivity contribution is -0.138. The molecule has 1 heterocycles. The van der Waals surface area contributed by atoms with E-state index in [1.165, 1.54) is 5.57 Å². The number of nitrogens with zero attached hydrogens (tertiary/aromatic N) is 1. The summed E-state index contributed by atoms with van der Waals surface area (Å²) in [4.78, 5) is 24.7. The number of hydrogen-bond donors (Lipinski definition) is 2. The number of amides is 2. The Morgan fingerprint density at radius 3 is 2.70 bits per heavy atom. The Bertz CT molecular complexity index is 377. The molecule has 0 aromatic carbocycles. The molecule has 1 unspecified atom stereocenters. The molecular formula is C15H26N2O3. The van der Waals surface area contributed by atoms with Crippen molar-refractivity contribution in [2.45, 2.75) is 40.0 Å². The van der Waals surface area contributed by atoms with Crippen LogP contribution in [0, 0.1) is 11.8 Å². The summed E-state index contributed by atoms with van der Waals surface area (Å²) in [6.07, 6.45) is 3.96. The second kappa shape index (κ2) is 7.92. The number of carboxylic acid groups (broad SMARTS) is 1. The van der Waals surface area contributed by atoms with E-state index in [1.807, 2.05) is 6.92 Å². The van der Waals surface area contributed by atoms with Crippen molar-refractivity contribution in [1.29, 1.82) is 0 Å². The summed E-state index contributed by atoms with van der Waals surface area (Å²) in [5.74, 6) is -0.379. The molecule has 1 aliphatic rings. The van der Waals surface area contributed by atoms with Gasteiger partial charge in [0.05, 0.1) is 0 Å². The summed E-state index contributed by atoms with van der Waals surface area (Å²) in [7, 11) is 0. The standard InChI is InChI=1S/C15H26N2O3/c1-11(2)7-13(8-14(18)19)9-16-15(20)17-6-4-5-12(3)10-17/h5,11,13H,4,6-10H2,1-3H3,(H,16,20)(H,18,19). The number of aliphatic carboxylic acids is 1. The summed E-state index contributed by atoms with van der Waals surface area (Å²) in [6.45, 7) is 7.98. The number of carboxylic acids is 1. The highest BCUT2D eigenvalue weighted by molar-refractivity contribution is 5.74. The van der Waals surface area contributed by atoms with E-state index >= 15 is 0 Å². The van der Waals surface area contributed by atoms with E-state index < -0.39 is 5.97 Å². The molecule has 1 aliphatic heterocycles. The molecule has 114 valence electrons. The highest BCUT2D eigenvalue weighted by Crippen LogP contribution is 2.15. The fraction of sp³-hybridized carbons (Fsp3) is 0.733. The van der Waals surface area contributed by atoms with E-state index in [9.17, 15) is 9.59 Å². The molecule has 2 N–H and O–H groups in total. The SMILES string of the molecule is CC1=CCCN(C(=O)NCC(CC(=O)O)CC(C)C)C1. The summed E-state index contributed by atoms with van der Waals surface area (Å²) >= 11 is 0. The van der Waals surface area contributed by atoms with Crippen LogP contribution in [-0.2, 0) is 4.79 Å². The van der Waals surface area contributed by atoms with E-state index in [1.54, 1.807) is 4.90 Å². The first-order valence-electron chi connectivity index (χ1n) is 7.28. The van der Waals surface area contributed by atoms with Crippen molar-refractivity contribution in [2.75, 3.05) is 19.6 Å². The zero-order chi connectivity index (χ0) is 15.1. The Hall–Kier alpha value is -1.52. The molecule has 5 heteroatoms. The van der Waals surface area contributed by atoms with Gasteiger partial charge in [-0.3, -0.25) is 4.79 Å². The third-order valence-corrected chi connectivity index (χ3v) is 3.43. The van der Waals surface area contributed by atoms with Crippen LogP contribution in [0.15, 0.2) is 11.6 Å². The zero-order valence-corrected chi connectivity index (χ0v) is 12.7. The second-order valence-electron chi connectivity index (χ2n) is 6.04. The lowest BCUT2D eigenvalue weighted by Crippen LogP contribution is -2.44. The number of hydrogen-bond acceptors (Lipinski definition) is 2. The largest absolute Gasteiger partial charge is 0.481 e. The van der Waals surface area contributed by atoms with Gasteiger partial charge in [-0.05, 0) is 31.6 Å². The van der Waals surface area contributed by atoms with Crippen LogP contribution in [0.25, 0.3) is 0 Å². The average Bonchev–Trinajstić information content (AvgIpc) is 2.34. The number of carbonyl (C=O) groups excluding carboxylic acids is 1. The molecule has 0 aromatic rings. The maximum absolute atomic E-state index is 12.1. The van der Waals surface area contributed by atoms with Gasteiger partial charge in [0.25, 0.3) is 0 Å². The average molecular weight is 282 g/mol. The minimum atomic E-state index is -0.804. The topological polar surface area (TPSA) is 69.6 Å². The van der Waals surface area contributed by atoms with Crippen LogP contribution in [0.3, 0.4) is 0 Å². The van der Waals surface area contributed by atoms with Crippen molar-refractivity contribution >= 4 is 12.0 Å². The Labute approximate surface area is 121 Å². The quantitative estimate of drug-likeness (QED) is 0.735. The number of urea groups is 1. The summed E-state index contributed by atoms with van der Waals surface area (Å²) < 4.78 is 0. The van der Waals surface area contributed by atoms with Gasteiger partial charge in [-0.1, -0.05) is 25.5 Å². The fourth-order valence-electron chi connectivity index (χ4n) is 2.58. The Balaban J connectivity index is 2.43. The van der Waals surface area contributed by atoms with Gasteiger partial charge >= 0.3 is 12.0 Å². The third kappa shape index (κ3) is 6.08. The van der Waals surface area contributed by atoms with Crippen LogP contribution in [0.4, 0.5) is 4.79 Å². The first-order valence-corrected chi connectivity index (χ1v) is 7.28. The minimum Gasteiger partial charge on any atom is -0.481 e. The van der Waals surface area contributed by atoms with Gasteiger partial charge in [-0.2, -0.15) is 0 Å². The summed E-state index contributed by atoms with van der Waals surface area (Å²) in [6, 6.07) is -0.0865. The van der Waals surface area contributed by atoms with Crippen molar-refractivity contribution < 1.29 is 14.7 Å². The maximum Gasteiger partial charge on any atom is 0.317 e. The molecule has 0 bridgehead atoms. The molecule has 0 saturated carbocycles. The van der Waals surface area contributed by atoms with Crippen LogP contribution in [0.5, 0.6) is 0 Å².